The molecule has 0 spiro atoms. The fourth-order valence-electron chi connectivity index (χ4n) is 2.01. The fourth-order valence-corrected chi connectivity index (χ4v) is 3.81. The number of nitrogens with one attached hydrogen (secondary N) is 1. The van der Waals surface area contributed by atoms with Gasteiger partial charge in [0.1, 0.15) is 0 Å². The first kappa shape index (κ1) is 20.6. The lowest BCUT2D eigenvalue weighted by atomic mass is 10.3. The summed E-state index contributed by atoms with van der Waals surface area (Å²) in [6.45, 7) is -0.303. The highest BCUT2D eigenvalue weighted by Crippen LogP contribution is 2.37. The molecule has 0 aliphatic heterocycles. The topological polar surface area (TPSA) is 86.6 Å². The summed E-state index contributed by atoms with van der Waals surface area (Å²) in [5.41, 5.74) is -3.89. The third-order valence-corrected chi connectivity index (χ3v) is 5.81. The zero-order chi connectivity index (χ0) is 19.4. The number of halogens is 3. The lowest BCUT2D eigenvalue weighted by Crippen LogP contribution is -2.22. The molecular weight excluding hydrogens is 391 g/mol. The monoisotopic (exact) mass is 407 g/mol. The average molecular weight is 407 g/mol. The van der Waals surface area contributed by atoms with Gasteiger partial charge in [-0.2, -0.15) is 13.2 Å². The molecule has 0 aromatic heterocycles. The predicted molar refractivity (Wildman–Crippen MR) is 91.8 cm³/mol. The van der Waals surface area contributed by atoms with Gasteiger partial charge in [-0.15, -0.1) is 0 Å². The molecule has 26 heavy (non-hydrogen) atoms. The van der Waals surface area contributed by atoms with E-state index in [1.807, 2.05) is 0 Å². The summed E-state index contributed by atoms with van der Waals surface area (Å²) in [6, 6.07) is 10.2. The van der Waals surface area contributed by atoms with Crippen LogP contribution in [-0.4, -0.2) is 43.4 Å². The largest absolute Gasteiger partial charge is 0.446 e. The van der Waals surface area contributed by atoms with Crippen molar-refractivity contribution in [2.75, 3.05) is 18.5 Å². The SMILES string of the molecule is O=S(=O)(c1ccc(NCC(O)CO)cc1)c1ccc(SC(F)(F)F)cc1. The summed E-state index contributed by atoms with van der Waals surface area (Å²) >= 11 is -0.314. The van der Waals surface area contributed by atoms with Gasteiger partial charge in [0.2, 0.25) is 9.84 Å². The first-order valence-corrected chi connectivity index (χ1v) is 9.65. The van der Waals surface area contributed by atoms with E-state index in [0.29, 0.717) is 5.69 Å². The summed E-state index contributed by atoms with van der Waals surface area (Å²) in [7, 11) is -3.86. The maximum Gasteiger partial charge on any atom is 0.446 e. The number of hydrogen-bond donors (Lipinski definition) is 3. The van der Waals surface area contributed by atoms with Crippen LogP contribution in [0.5, 0.6) is 0 Å². The molecule has 2 rings (SSSR count). The van der Waals surface area contributed by atoms with Crippen molar-refractivity contribution >= 4 is 27.3 Å². The molecule has 10 heteroatoms. The van der Waals surface area contributed by atoms with E-state index in [-0.39, 0.29) is 33.0 Å². The lowest BCUT2D eigenvalue weighted by Gasteiger charge is -2.11. The van der Waals surface area contributed by atoms with Crippen LogP contribution < -0.4 is 5.32 Å². The first-order valence-electron chi connectivity index (χ1n) is 7.35. The fraction of sp³-hybridized carbons (Fsp3) is 0.250. The average Bonchev–Trinajstić information content (AvgIpc) is 2.59. The van der Waals surface area contributed by atoms with Crippen molar-refractivity contribution < 1.29 is 31.8 Å². The van der Waals surface area contributed by atoms with Crippen LogP contribution in [0.15, 0.2) is 63.2 Å². The number of alkyl halides is 3. The second-order valence-electron chi connectivity index (χ2n) is 5.26. The van der Waals surface area contributed by atoms with E-state index in [1.165, 1.54) is 24.3 Å². The van der Waals surface area contributed by atoms with Gasteiger partial charge >= 0.3 is 5.51 Å². The molecular formula is C16H16F3NO4S2. The van der Waals surface area contributed by atoms with Gasteiger partial charge in [0.15, 0.2) is 0 Å². The molecule has 3 N–H and O–H groups in total. The molecule has 2 aromatic rings. The molecule has 1 atom stereocenters. The standard InChI is InChI=1S/C16H16F3NO4S2/c17-16(18,19)25-13-3-7-15(8-4-13)26(23,24)14-5-1-11(2-6-14)20-9-12(22)10-21/h1-8,12,20-22H,9-10H2. The highest BCUT2D eigenvalue weighted by atomic mass is 32.2. The Labute approximate surface area is 152 Å². The van der Waals surface area contributed by atoms with Gasteiger partial charge in [0.25, 0.3) is 0 Å². The van der Waals surface area contributed by atoms with E-state index in [0.717, 1.165) is 24.3 Å². The zero-order valence-corrected chi connectivity index (χ0v) is 14.9. The number of aliphatic hydroxyl groups is 2. The van der Waals surface area contributed by atoms with Gasteiger partial charge in [0.05, 0.1) is 22.5 Å². The summed E-state index contributed by atoms with van der Waals surface area (Å²) in [5.74, 6) is 0. The first-order chi connectivity index (χ1) is 12.1. The molecule has 0 heterocycles. The van der Waals surface area contributed by atoms with Crippen LogP contribution in [0, 0.1) is 0 Å². The Bertz CT molecular complexity index is 822. The minimum absolute atomic E-state index is 0.0121. The predicted octanol–water partition coefficient (Wildman–Crippen LogP) is 2.90. The Hall–Kier alpha value is -1.75. The Morgan fingerprint density at radius 3 is 1.96 bits per heavy atom. The molecule has 0 bridgehead atoms. The molecule has 0 aliphatic carbocycles. The van der Waals surface area contributed by atoms with Gasteiger partial charge in [-0.25, -0.2) is 8.42 Å². The van der Waals surface area contributed by atoms with Crippen LogP contribution in [0.1, 0.15) is 0 Å². The molecule has 2 aromatic carbocycles. The summed E-state index contributed by atoms with van der Waals surface area (Å²) < 4.78 is 62.0. The van der Waals surface area contributed by atoms with Gasteiger partial charge in [-0.1, -0.05) is 0 Å². The number of thioether (sulfide) groups is 1. The Kier molecular flexibility index (Phi) is 6.56. The molecule has 0 amide bonds. The van der Waals surface area contributed by atoms with Crippen molar-refractivity contribution in [3.8, 4) is 0 Å². The van der Waals surface area contributed by atoms with Gasteiger partial charge in [0, 0.05) is 17.1 Å². The van der Waals surface area contributed by atoms with Crippen LogP contribution in [0.4, 0.5) is 18.9 Å². The van der Waals surface area contributed by atoms with Crippen molar-refractivity contribution in [1.82, 2.24) is 0 Å². The minimum atomic E-state index is -4.44. The number of benzene rings is 2. The van der Waals surface area contributed by atoms with Crippen LogP contribution in [0.25, 0.3) is 0 Å². The van der Waals surface area contributed by atoms with E-state index < -0.39 is 28.1 Å². The number of anilines is 1. The van der Waals surface area contributed by atoms with E-state index in [4.69, 9.17) is 5.11 Å². The molecule has 142 valence electrons. The second kappa shape index (κ2) is 8.30. The number of sulfone groups is 1. The Morgan fingerprint density at radius 1 is 1.00 bits per heavy atom. The van der Waals surface area contributed by atoms with Gasteiger partial charge in [-0.05, 0) is 60.3 Å². The molecule has 0 aliphatic rings. The van der Waals surface area contributed by atoms with Crippen molar-refractivity contribution in [3.05, 3.63) is 48.5 Å². The molecule has 0 fully saturated rings. The molecule has 0 saturated heterocycles. The number of aliphatic hydroxyl groups excluding tert-OH is 2. The van der Waals surface area contributed by atoms with Crippen molar-refractivity contribution in [3.63, 3.8) is 0 Å². The quantitative estimate of drug-likeness (QED) is 0.612. The highest BCUT2D eigenvalue weighted by molar-refractivity contribution is 8.00. The second-order valence-corrected chi connectivity index (χ2v) is 8.35. The lowest BCUT2D eigenvalue weighted by molar-refractivity contribution is -0.0328. The third-order valence-electron chi connectivity index (χ3n) is 3.28. The highest BCUT2D eigenvalue weighted by Gasteiger charge is 2.29. The van der Waals surface area contributed by atoms with Crippen molar-refractivity contribution in [2.24, 2.45) is 0 Å². The van der Waals surface area contributed by atoms with E-state index in [2.05, 4.69) is 5.32 Å². The summed E-state index contributed by atoms with van der Waals surface area (Å²) in [4.78, 5) is -0.221. The van der Waals surface area contributed by atoms with E-state index in [1.54, 1.807) is 0 Å². The zero-order valence-electron chi connectivity index (χ0n) is 13.3. The smallest absolute Gasteiger partial charge is 0.394 e. The maximum atomic E-state index is 12.5. The normalized spacial score (nSPS) is 13.4. The van der Waals surface area contributed by atoms with E-state index in [9.17, 15) is 26.7 Å². The van der Waals surface area contributed by atoms with Crippen LogP contribution in [0.2, 0.25) is 0 Å². The maximum absolute atomic E-state index is 12.5. The van der Waals surface area contributed by atoms with Crippen LogP contribution >= 0.6 is 11.8 Å². The molecule has 0 saturated carbocycles. The molecule has 5 nitrogen and oxygen atoms in total. The molecule has 0 radical (unpaired) electrons. The summed E-state index contributed by atoms with van der Waals surface area (Å²) in [5, 5.41) is 20.8. The third kappa shape index (κ3) is 5.63. The summed E-state index contributed by atoms with van der Waals surface area (Å²) in [6.07, 6.45) is -0.938. The van der Waals surface area contributed by atoms with Crippen LogP contribution in [-0.2, 0) is 9.84 Å². The Morgan fingerprint density at radius 2 is 1.50 bits per heavy atom. The van der Waals surface area contributed by atoms with Crippen LogP contribution in [0.3, 0.4) is 0 Å². The van der Waals surface area contributed by atoms with Crippen molar-refractivity contribution in [2.45, 2.75) is 26.3 Å². The van der Waals surface area contributed by atoms with Crippen molar-refractivity contribution in [1.29, 1.82) is 0 Å². The van der Waals surface area contributed by atoms with E-state index >= 15 is 0 Å². The van der Waals surface area contributed by atoms with Gasteiger partial charge in [-0.3, -0.25) is 0 Å². The Balaban J connectivity index is 2.14. The number of rotatable bonds is 7. The number of hydrogen-bond acceptors (Lipinski definition) is 6. The molecule has 1 unspecified atom stereocenters. The van der Waals surface area contributed by atoms with Gasteiger partial charge < -0.3 is 15.5 Å². The minimum Gasteiger partial charge on any atom is -0.394 e.